The highest BCUT2D eigenvalue weighted by Gasteiger charge is 2.42. The van der Waals surface area contributed by atoms with E-state index < -0.39 is 0 Å². The number of rotatable bonds is 0. The van der Waals surface area contributed by atoms with E-state index in [0.29, 0.717) is 6.04 Å². The molecule has 0 spiro atoms. The van der Waals surface area contributed by atoms with Crippen molar-refractivity contribution in [2.45, 2.75) is 102 Å². The van der Waals surface area contributed by atoms with Gasteiger partial charge in [0.1, 0.15) is 0 Å². The summed E-state index contributed by atoms with van der Waals surface area (Å²) in [5.74, 6) is 1.96. The first-order valence-electron chi connectivity index (χ1n) is 11.0. The normalized spacial score (nSPS) is 42.8. The topological polar surface area (TPSA) is 30.5 Å². The average molecular weight is 335 g/mol. The maximum atomic E-state index is 3.55. The van der Waals surface area contributed by atoms with Gasteiger partial charge in [-0.3, -0.25) is 0 Å². The van der Waals surface area contributed by atoms with Crippen LogP contribution in [0.2, 0.25) is 0 Å². The van der Waals surface area contributed by atoms with Crippen LogP contribution in [0.15, 0.2) is 0 Å². The number of hydrazine groups is 3. The Morgan fingerprint density at radius 1 is 0.708 bits per heavy atom. The monoisotopic (exact) mass is 334 g/mol. The van der Waals surface area contributed by atoms with Gasteiger partial charge >= 0.3 is 0 Å². The van der Waals surface area contributed by atoms with E-state index in [1.165, 1.54) is 96.4 Å². The second kappa shape index (κ2) is 8.48. The van der Waals surface area contributed by atoms with Crippen LogP contribution in [0.1, 0.15) is 89.9 Å². The van der Waals surface area contributed by atoms with Crippen molar-refractivity contribution in [3.63, 3.8) is 0 Å². The zero-order valence-electron chi connectivity index (χ0n) is 15.5. The standard InChI is InChI=1S/C20H38N4/c1-2-4-6-8-10-19-16-24(22-21-19)23-14-13-18-12-11-17(15-20(18)23)9-7-5-3-1/h17-22H,1-16H2. The first-order valence-corrected chi connectivity index (χ1v) is 11.0. The lowest BCUT2D eigenvalue weighted by molar-refractivity contribution is -0.0796. The summed E-state index contributed by atoms with van der Waals surface area (Å²) in [5, 5.41) is 5.14. The van der Waals surface area contributed by atoms with Crippen molar-refractivity contribution in [1.82, 2.24) is 21.1 Å². The molecule has 4 bridgehead atoms. The Morgan fingerprint density at radius 2 is 1.46 bits per heavy atom. The second-order valence-corrected chi connectivity index (χ2v) is 8.90. The first kappa shape index (κ1) is 17.3. The molecule has 0 aromatic heterocycles. The lowest BCUT2D eigenvalue weighted by Gasteiger charge is -2.39. The number of nitrogens with zero attached hydrogens (tertiary/aromatic N) is 2. The van der Waals surface area contributed by atoms with E-state index in [2.05, 4.69) is 21.1 Å². The molecule has 2 N–H and O–H groups in total. The second-order valence-electron chi connectivity index (χ2n) is 8.90. The summed E-state index contributed by atoms with van der Waals surface area (Å²) in [6.07, 6.45) is 20.3. The molecule has 3 heterocycles. The largest absolute Gasteiger partial charge is 0.238 e. The minimum atomic E-state index is 0.638. The Hall–Kier alpha value is -0.160. The van der Waals surface area contributed by atoms with Crippen LogP contribution in [0.4, 0.5) is 0 Å². The minimum Gasteiger partial charge on any atom is -0.238 e. The maximum absolute atomic E-state index is 3.55. The number of nitrogens with one attached hydrogen (secondary N) is 2. The molecule has 0 aromatic carbocycles. The summed E-state index contributed by atoms with van der Waals surface area (Å²) in [6.45, 7) is 2.43. The third-order valence-electron chi connectivity index (χ3n) is 7.19. The third kappa shape index (κ3) is 4.14. The molecule has 138 valence electrons. The molecule has 3 saturated heterocycles. The quantitative estimate of drug-likeness (QED) is 0.701. The molecule has 4 fully saturated rings. The fourth-order valence-corrected chi connectivity index (χ4v) is 5.70. The lowest BCUT2D eigenvalue weighted by atomic mass is 9.77. The Balaban J connectivity index is 1.38. The zero-order valence-corrected chi connectivity index (χ0v) is 15.5. The molecule has 5 atom stereocenters. The van der Waals surface area contributed by atoms with E-state index in [-0.39, 0.29) is 0 Å². The number of hydrogen-bond acceptors (Lipinski definition) is 4. The van der Waals surface area contributed by atoms with E-state index in [9.17, 15) is 0 Å². The van der Waals surface area contributed by atoms with Gasteiger partial charge in [0.15, 0.2) is 0 Å². The van der Waals surface area contributed by atoms with Crippen LogP contribution in [0, 0.1) is 11.8 Å². The van der Waals surface area contributed by atoms with Crippen molar-refractivity contribution in [2.24, 2.45) is 11.8 Å². The van der Waals surface area contributed by atoms with Gasteiger partial charge in [-0.15, -0.1) is 0 Å². The van der Waals surface area contributed by atoms with Crippen molar-refractivity contribution < 1.29 is 0 Å². The highest BCUT2D eigenvalue weighted by Crippen LogP contribution is 2.41. The van der Waals surface area contributed by atoms with E-state index in [1.807, 2.05) is 0 Å². The first-order chi connectivity index (χ1) is 11.9. The lowest BCUT2D eigenvalue weighted by Crippen LogP contribution is -2.53. The van der Waals surface area contributed by atoms with Crippen molar-refractivity contribution in [1.29, 1.82) is 0 Å². The molecule has 4 nitrogen and oxygen atoms in total. The summed E-state index contributed by atoms with van der Waals surface area (Å²) < 4.78 is 0. The summed E-state index contributed by atoms with van der Waals surface area (Å²) in [6, 6.07) is 1.45. The maximum Gasteiger partial charge on any atom is 0.0472 e. The molecule has 1 saturated carbocycles. The van der Waals surface area contributed by atoms with Crippen LogP contribution in [-0.4, -0.2) is 35.3 Å². The molecule has 5 unspecified atom stereocenters. The van der Waals surface area contributed by atoms with Gasteiger partial charge in [-0.1, -0.05) is 64.2 Å². The highest BCUT2D eigenvalue weighted by atomic mass is 15.9. The van der Waals surface area contributed by atoms with Gasteiger partial charge < -0.3 is 0 Å². The minimum absolute atomic E-state index is 0.638. The Morgan fingerprint density at radius 3 is 2.29 bits per heavy atom. The van der Waals surface area contributed by atoms with Crippen molar-refractivity contribution in [3.8, 4) is 0 Å². The van der Waals surface area contributed by atoms with Crippen LogP contribution in [-0.2, 0) is 0 Å². The predicted molar refractivity (Wildman–Crippen MR) is 98.9 cm³/mol. The molecular formula is C20H38N4. The van der Waals surface area contributed by atoms with Gasteiger partial charge in [0, 0.05) is 25.2 Å². The summed E-state index contributed by atoms with van der Waals surface area (Å²) >= 11 is 0. The Labute approximate surface area is 148 Å². The van der Waals surface area contributed by atoms with Gasteiger partial charge in [0.2, 0.25) is 0 Å². The van der Waals surface area contributed by atoms with E-state index in [0.717, 1.165) is 24.4 Å². The van der Waals surface area contributed by atoms with Crippen LogP contribution < -0.4 is 11.0 Å². The molecule has 0 amide bonds. The molecule has 4 heteroatoms. The van der Waals surface area contributed by atoms with E-state index in [4.69, 9.17) is 0 Å². The van der Waals surface area contributed by atoms with E-state index in [1.54, 1.807) is 0 Å². The van der Waals surface area contributed by atoms with Crippen molar-refractivity contribution in [2.75, 3.05) is 13.1 Å². The molecule has 1 aliphatic carbocycles. The Kier molecular flexibility index (Phi) is 6.10. The van der Waals surface area contributed by atoms with Gasteiger partial charge in [0.05, 0.1) is 0 Å². The average Bonchev–Trinajstić information content (AvgIpc) is 3.22. The van der Waals surface area contributed by atoms with Gasteiger partial charge in [-0.25, -0.2) is 10.4 Å². The Bertz CT molecular complexity index is 388. The van der Waals surface area contributed by atoms with Crippen LogP contribution in [0.5, 0.6) is 0 Å². The summed E-state index contributed by atoms with van der Waals surface area (Å²) in [7, 11) is 0. The summed E-state index contributed by atoms with van der Waals surface area (Å²) in [5.41, 5.74) is 7.05. The summed E-state index contributed by atoms with van der Waals surface area (Å²) in [4.78, 5) is 0. The van der Waals surface area contributed by atoms with Crippen LogP contribution in [0.3, 0.4) is 0 Å². The van der Waals surface area contributed by atoms with Crippen LogP contribution in [0.25, 0.3) is 0 Å². The third-order valence-corrected chi connectivity index (χ3v) is 7.19. The van der Waals surface area contributed by atoms with Gasteiger partial charge in [-0.2, -0.15) is 10.7 Å². The van der Waals surface area contributed by atoms with Gasteiger partial charge in [0.25, 0.3) is 0 Å². The molecule has 0 radical (unpaired) electrons. The molecular weight excluding hydrogens is 296 g/mol. The van der Waals surface area contributed by atoms with Crippen LogP contribution >= 0.6 is 0 Å². The van der Waals surface area contributed by atoms with E-state index >= 15 is 0 Å². The highest BCUT2D eigenvalue weighted by molar-refractivity contribution is 4.92. The predicted octanol–water partition coefficient (Wildman–Crippen LogP) is 4.00. The van der Waals surface area contributed by atoms with Crippen molar-refractivity contribution >= 4 is 0 Å². The molecule has 4 rings (SSSR count). The molecule has 24 heavy (non-hydrogen) atoms. The number of fused-ring (bicyclic) bond motifs is 4. The smallest absolute Gasteiger partial charge is 0.0472 e. The zero-order chi connectivity index (χ0) is 16.2. The fraction of sp³-hybridized carbons (Fsp3) is 1.00. The van der Waals surface area contributed by atoms with Crippen molar-refractivity contribution in [3.05, 3.63) is 0 Å². The van der Waals surface area contributed by atoms with Gasteiger partial charge in [-0.05, 0) is 37.5 Å². The molecule has 0 aromatic rings. The number of hydrogen-bond donors (Lipinski definition) is 2. The fourth-order valence-electron chi connectivity index (χ4n) is 5.70. The molecule has 3 aliphatic heterocycles. The SMILES string of the molecule is C1CCCCCC2CN(NN2)N2CCC3CCC(CCCC1)CC32. The molecule has 4 aliphatic rings.